The van der Waals surface area contributed by atoms with Crippen molar-refractivity contribution in [2.45, 2.75) is 0 Å². The molecule has 0 fully saturated rings. The van der Waals surface area contributed by atoms with Gasteiger partial charge in [-0.3, -0.25) is 0 Å². The fraction of sp³-hybridized carbons (Fsp3) is 0.286. The summed E-state index contributed by atoms with van der Waals surface area (Å²) < 4.78 is 0.780. The largest absolute Gasteiger partial charge is 0.353 e. The fourth-order valence-corrected chi connectivity index (χ4v) is 0.523. The van der Waals surface area contributed by atoms with E-state index in [-0.39, 0.29) is 0 Å². The van der Waals surface area contributed by atoms with Gasteiger partial charge in [0.05, 0.1) is 0 Å². The van der Waals surface area contributed by atoms with Gasteiger partial charge in [-0.1, -0.05) is 18.3 Å². The van der Waals surface area contributed by atoms with Crippen LogP contribution in [0, 0.1) is 4.64 Å². The Morgan fingerprint density at radius 1 is 1.55 bits per heavy atom. The maximum Gasteiger partial charge on any atom is 0.103 e. The molecule has 0 atom stereocenters. The van der Waals surface area contributed by atoms with E-state index in [4.69, 9.17) is 18.0 Å². The number of hydrogen-bond donors (Lipinski definition) is 3. The average molecular weight is 188 g/mol. The van der Waals surface area contributed by atoms with E-state index in [9.17, 15) is 0 Å². The van der Waals surface area contributed by atoms with Crippen molar-refractivity contribution in [2.24, 2.45) is 5.73 Å². The molecule has 0 saturated heterocycles. The highest BCUT2D eigenvalue weighted by Crippen LogP contribution is 1.80. The second kappa shape index (κ2) is 7.78. The molecule has 0 bridgehead atoms. The summed E-state index contributed by atoms with van der Waals surface area (Å²) in [5.74, 6) is 0.792. The Kier molecular flexibility index (Phi) is 7.56. The van der Waals surface area contributed by atoms with Crippen LogP contribution in [0.5, 0.6) is 0 Å². The van der Waals surface area contributed by atoms with Crippen LogP contribution >= 0.6 is 24.8 Å². The molecule has 4 heteroatoms. The van der Waals surface area contributed by atoms with Gasteiger partial charge >= 0.3 is 0 Å². The van der Waals surface area contributed by atoms with Crippen molar-refractivity contribution >= 4 is 24.8 Å². The van der Waals surface area contributed by atoms with Gasteiger partial charge in [0.15, 0.2) is 0 Å². The second-order valence-electron chi connectivity index (χ2n) is 1.74. The maximum absolute atomic E-state index is 4.95. The first-order valence-electron chi connectivity index (χ1n) is 3.26. The number of pyridine rings is 1. The van der Waals surface area contributed by atoms with E-state index >= 15 is 0 Å². The first kappa shape index (κ1) is 10.7. The highest BCUT2D eigenvalue weighted by molar-refractivity contribution is 7.80. The summed E-state index contributed by atoms with van der Waals surface area (Å²) in [4.78, 5) is 2.85. The minimum Gasteiger partial charge on any atom is -0.353 e. The molecular weight excluding hydrogens is 176 g/mol. The number of hydrogen-bond acceptors (Lipinski definition) is 3. The van der Waals surface area contributed by atoms with Gasteiger partial charge in [0, 0.05) is 18.5 Å². The molecule has 0 aromatic carbocycles. The van der Waals surface area contributed by atoms with Crippen molar-refractivity contribution < 1.29 is 0 Å². The summed E-state index contributed by atoms with van der Waals surface area (Å²) in [5.41, 5.74) is 4.95. The van der Waals surface area contributed by atoms with Crippen LogP contribution in [0.1, 0.15) is 0 Å². The number of aromatic nitrogens is 1. The number of H-pyrrole nitrogens is 1. The van der Waals surface area contributed by atoms with Gasteiger partial charge in [0.25, 0.3) is 0 Å². The zero-order valence-electron chi connectivity index (χ0n) is 6.16. The van der Waals surface area contributed by atoms with E-state index in [1.165, 1.54) is 0 Å². The smallest absolute Gasteiger partial charge is 0.103 e. The Bertz CT molecular complexity index is 202. The lowest BCUT2D eigenvalue weighted by atomic mass is 10.5. The number of thiol groups is 1. The lowest BCUT2D eigenvalue weighted by Gasteiger charge is -1.76. The zero-order chi connectivity index (χ0) is 8.53. The summed E-state index contributed by atoms with van der Waals surface area (Å²) in [6, 6.07) is 5.64. The van der Waals surface area contributed by atoms with Crippen molar-refractivity contribution in [2.75, 3.05) is 12.3 Å². The standard InChI is InChI=1S/C5H5NS.C2H7NS/c7-5-3-1-2-4-6-5;3-1-2-4/h1-4H,(H,6,7);4H,1-3H2. The minimum atomic E-state index is 0.684. The van der Waals surface area contributed by atoms with Gasteiger partial charge in [-0.05, 0) is 12.1 Å². The second-order valence-corrected chi connectivity index (χ2v) is 2.63. The monoisotopic (exact) mass is 188 g/mol. The molecule has 0 amide bonds. The summed E-state index contributed by atoms with van der Waals surface area (Å²) in [6.45, 7) is 0.684. The van der Waals surface area contributed by atoms with Gasteiger partial charge in [-0.15, -0.1) is 0 Å². The number of rotatable bonds is 1. The molecular formula is C7H12N2S2. The summed E-state index contributed by atoms with van der Waals surface area (Å²) >= 11 is 8.55. The third kappa shape index (κ3) is 7.58. The van der Waals surface area contributed by atoms with Crippen LogP contribution in [0.3, 0.4) is 0 Å². The van der Waals surface area contributed by atoms with Crippen molar-refractivity contribution in [1.82, 2.24) is 4.98 Å². The summed E-state index contributed by atoms with van der Waals surface area (Å²) in [6.07, 6.45) is 1.81. The first-order valence-corrected chi connectivity index (χ1v) is 4.30. The maximum atomic E-state index is 4.95. The molecule has 11 heavy (non-hydrogen) atoms. The molecule has 2 nitrogen and oxygen atoms in total. The molecule has 0 aliphatic rings. The SMILES string of the molecule is NCCS.S=c1cccc[nH]1. The number of nitrogens with two attached hydrogens (primary N) is 1. The van der Waals surface area contributed by atoms with Crippen LogP contribution in [0.2, 0.25) is 0 Å². The molecule has 1 aromatic heterocycles. The topological polar surface area (TPSA) is 41.8 Å². The van der Waals surface area contributed by atoms with Crippen LogP contribution in [-0.2, 0) is 0 Å². The van der Waals surface area contributed by atoms with Gasteiger partial charge in [0.1, 0.15) is 4.64 Å². The number of nitrogens with one attached hydrogen (secondary N) is 1. The molecule has 0 radical (unpaired) electrons. The predicted octanol–water partition coefficient (Wildman–Crippen LogP) is 1.62. The zero-order valence-corrected chi connectivity index (χ0v) is 7.87. The van der Waals surface area contributed by atoms with Gasteiger partial charge in [0.2, 0.25) is 0 Å². The molecule has 0 spiro atoms. The summed E-state index contributed by atoms with van der Waals surface area (Å²) in [5, 5.41) is 0. The molecule has 1 aromatic rings. The highest BCUT2D eigenvalue weighted by Gasteiger charge is 1.65. The summed E-state index contributed by atoms with van der Waals surface area (Å²) in [7, 11) is 0. The van der Waals surface area contributed by atoms with E-state index in [0.717, 1.165) is 10.4 Å². The highest BCUT2D eigenvalue weighted by atomic mass is 32.1. The van der Waals surface area contributed by atoms with Crippen molar-refractivity contribution in [3.63, 3.8) is 0 Å². The van der Waals surface area contributed by atoms with E-state index in [1.54, 1.807) is 0 Å². The molecule has 62 valence electrons. The average Bonchev–Trinajstić information content (AvgIpc) is 2.07. The molecule has 1 rings (SSSR count). The third-order valence-corrected chi connectivity index (χ3v) is 1.32. The molecule has 3 N–H and O–H groups in total. The van der Waals surface area contributed by atoms with Crippen LogP contribution in [-0.4, -0.2) is 17.3 Å². The van der Waals surface area contributed by atoms with Gasteiger partial charge < -0.3 is 10.7 Å². The molecule has 0 aliphatic carbocycles. The van der Waals surface area contributed by atoms with Crippen LogP contribution in [0.15, 0.2) is 24.4 Å². The third-order valence-electron chi connectivity index (χ3n) is 0.810. The first-order chi connectivity index (χ1) is 5.31. The van der Waals surface area contributed by atoms with Crippen LogP contribution in [0.4, 0.5) is 0 Å². The Morgan fingerprint density at radius 2 is 2.18 bits per heavy atom. The van der Waals surface area contributed by atoms with Crippen LogP contribution in [0.25, 0.3) is 0 Å². The lowest BCUT2D eigenvalue weighted by molar-refractivity contribution is 1.16. The number of aromatic amines is 1. The molecule has 0 saturated carbocycles. The molecule has 1 heterocycles. The van der Waals surface area contributed by atoms with Crippen LogP contribution < -0.4 is 5.73 Å². The Labute approximate surface area is 77.2 Å². The minimum absolute atomic E-state index is 0.684. The van der Waals surface area contributed by atoms with E-state index < -0.39 is 0 Å². The Balaban J connectivity index is 0.000000218. The van der Waals surface area contributed by atoms with Crippen molar-refractivity contribution in [3.8, 4) is 0 Å². The molecule has 0 aliphatic heterocycles. The van der Waals surface area contributed by atoms with Crippen molar-refractivity contribution in [1.29, 1.82) is 0 Å². The van der Waals surface area contributed by atoms with Crippen molar-refractivity contribution in [3.05, 3.63) is 29.0 Å². The lowest BCUT2D eigenvalue weighted by Crippen LogP contribution is -1.97. The van der Waals surface area contributed by atoms with E-state index in [2.05, 4.69) is 17.6 Å². The Morgan fingerprint density at radius 3 is 2.36 bits per heavy atom. The Hall–Kier alpha value is -0.320. The predicted molar refractivity (Wildman–Crippen MR) is 54.5 cm³/mol. The molecule has 0 unspecified atom stereocenters. The van der Waals surface area contributed by atoms with E-state index in [1.807, 2.05) is 24.4 Å². The van der Waals surface area contributed by atoms with Gasteiger partial charge in [-0.25, -0.2) is 0 Å². The van der Waals surface area contributed by atoms with E-state index in [0.29, 0.717) is 6.54 Å². The quantitative estimate of drug-likeness (QED) is 0.463. The normalized spacial score (nSPS) is 8.18. The fourth-order valence-electron chi connectivity index (χ4n) is 0.377. The van der Waals surface area contributed by atoms with Gasteiger partial charge in [-0.2, -0.15) is 12.6 Å².